The maximum atomic E-state index is 11.5. The minimum absolute atomic E-state index is 0.344. The molecule has 1 aromatic rings. The molecule has 5 N–H and O–H groups in total. The van der Waals surface area contributed by atoms with Crippen molar-refractivity contribution in [3.63, 3.8) is 0 Å². The Labute approximate surface area is 110 Å². The van der Waals surface area contributed by atoms with E-state index < -0.39 is 12.6 Å². The summed E-state index contributed by atoms with van der Waals surface area (Å²) < 4.78 is 5.00. The molecular formula is C12H17N3O4. The predicted octanol–water partition coefficient (Wildman–Crippen LogP) is 0.620. The van der Waals surface area contributed by atoms with E-state index in [-0.39, 0.29) is 6.03 Å². The number of anilines is 1. The highest BCUT2D eigenvalue weighted by Gasteiger charge is 2.03. The minimum atomic E-state index is -1.06. The molecular weight excluding hydrogens is 250 g/mol. The second-order valence-electron chi connectivity index (χ2n) is 3.73. The van der Waals surface area contributed by atoms with Gasteiger partial charge in [-0.15, -0.1) is 0 Å². The van der Waals surface area contributed by atoms with Crippen LogP contribution < -0.4 is 21.1 Å². The second kappa shape index (κ2) is 7.93. The van der Waals surface area contributed by atoms with Gasteiger partial charge in [-0.25, -0.2) is 9.59 Å². The van der Waals surface area contributed by atoms with Crippen LogP contribution in [0.5, 0.6) is 5.75 Å². The monoisotopic (exact) mass is 267 g/mol. The number of carboxylic acids is 1. The Balaban J connectivity index is 2.47. The second-order valence-corrected chi connectivity index (χ2v) is 3.73. The number of carbonyl (C=O) groups is 2. The van der Waals surface area contributed by atoms with Gasteiger partial charge in [0.05, 0.1) is 0 Å². The molecule has 2 amide bonds. The lowest BCUT2D eigenvalue weighted by molar-refractivity contribution is -0.139. The number of nitrogens with one attached hydrogen (secondary N) is 2. The number of hydrogen-bond donors (Lipinski definition) is 4. The van der Waals surface area contributed by atoms with Crippen molar-refractivity contribution in [2.45, 2.75) is 6.42 Å². The van der Waals surface area contributed by atoms with E-state index in [1.807, 2.05) is 0 Å². The fourth-order valence-electron chi connectivity index (χ4n) is 1.29. The molecule has 0 unspecified atom stereocenters. The highest BCUT2D eigenvalue weighted by molar-refractivity contribution is 5.89. The summed E-state index contributed by atoms with van der Waals surface area (Å²) >= 11 is 0. The molecule has 0 saturated carbocycles. The average molecular weight is 267 g/mol. The maximum absolute atomic E-state index is 11.5. The number of nitrogens with two attached hydrogens (primary N) is 1. The third-order valence-electron chi connectivity index (χ3n) is 2.12. The first-order chi connectivity index (χ1) is 9.11. The van der Waals surface area contributed by atoms with Crippen LogP contribution in [0.25, 0.3) is 0 Å². The van der Waals surface area contributed by atoms with Gasteiger partial charge >= 0.3 is 12.0 Å². The van der Waals surface area contributed by atoms with Crippen molar-refractivity contribution >= 4 is 17.7 Å². The van der Waals surface area contributed by atoms with E-state index in [4.69, 9.17) is 15.6 Å². The molecule has 0 heterocycles. The Kier molecular flexibility index (Phi) is 6.17. The largest absolute Gasteiger partial charge is 0.482 e. The van der Waals surface area contributed by atoms with Gasteiger partial charge in [-0.1, -0.05) is 6.07 Å². The van der Waals surface area contributed by atoms with Gasteiger partial charge in [0, 0.05) is 18.3 Å². The van der Waals surface area contributed by atoms with Crippen LogP contribution in [-0.4, -0.2) is 36.8 Å². The third-order valence-corrected chi connectivity index (χ3v) is 2.12. The van der Waals surface area contributed by atoms with Crippen molar-refractivity contribution in [1.29, 1.82) is 0 Å². The molecule has 0 fully saturated rings. The molecule has 1 aromatic carbocycles. The van der Waals surface area contributed by atoms with Crippen molar-refractivity contribution < 1.29 is 19.4 Å². The van der Waals surface area contributed by atoms with Gasteiger partial charge in [-0.3, -0.25) is 0 Å². The summed E-state index contributed by atoms with van der Waals surface area (Å²) in [5.74, 6) is -0.681. The molecule has 0 aliphatic rings. The van der Waals surface area contributed by atoms with Crippen LogP contribution in [0.1, 0.15) is 6.42 Å². The van der Waals surface area contributed by atoms with Crippen LogP contribution >= 0.6 is 0 Å². The Morgan fingerprint density at radius 1 is 1.37 bits per heavy atom. The van der Waals surface area contributed by atoms with Crippen molar-refractivity contribution in [2.24, 2.45) is 5.73 Å². The van der Waals surface area contributed by atoms with Crippen LogP contribution in [0.15, 0.2) is 24.3 Å². The Morgan fingerprint density at radius 3 is 2.84 bits per heavy atom. The molecule has 7 nitrogen and oxygen atoms in total. The lowest BCUT2D eigenvalue weighted by Crippen LogP contribution is -2.30. The lowest BCUT2D eigenvalue weighted by Gasteiger charge is -2.09. The molecule has 1 rings (SSSR count). The van der Waals surface area contributed by atoms with Crippen LogP contribution in [0.4, 0.5) is 10.5 Å². The number of carboxylic acid groups (broad SMARTS) is 1. The van der Waals surface area contributed by atoms with E-state index in [1.54, 1.807) is 24.3 Å². The summed E-state index contributed by atoms with van der Waals surface area (Å²) in [6, 6.07) is 6.15. The summed E-state index contributed by atoms with van der Waals surface area (Å²) in [7, 11) is 0. The number of benzene rings is 1. The molecule has 19 heavy (non-hydrogen) atoms. The summed E-state index contributed by atoms with van der Waals surface area (Å²) in [5.41, 5.74) is 5.83. The number of rotatable bonds is 7. The number of ether oxygens (including phenoxy) is 1. The standard InChI is InChI=1S/C12H17N3O4/c13-5-2-6-14-12(18)15-9-3-1-4-10(7-9)19-8-11(16)17/h1,3-4,7H,2,5-6,8,13H2,(H,16,17)(H2,14,15,18). The van der Waals surface area contributed by atoms with Crippen LogP contribution in [0.3, 0.4) is 0 Å². The van der Waals surface area contributed by atoms with Crippen molar-refractivity contribution in [1.82, 2.24) is 5.32 Å². The minimum Gasteiger partial charge on any atom is -0.482 e. The average Bonchev–Trinajstić information content (AvgIpc) is 2.37. The van der Waals surface area contributed by atoms with E-state index in [0.29, 0.717) is 30.9 Å². The molecule has 0 atom stereocenters. The summed E-state index contributed by atoms with van der Waals surface area (Å²) in [4.78, 5) is 21.8. The number of amides is 2. The van der Waals surface area contributed by atoms with Gasteiger partial charge in [-0.05, 0) is 25.1 Å². The summed E-state index contributed by atoms with van der Waals surface area (Å²) in [6.07, 6.45) is 0.704. The predicted molar refractivity (Wildman–Crippen MR) is 70.3 cm³/mol. The zero-order valence-corrected chi connectivity index (χ0v) is 10.4. The first-order valence-electron chi connectivity index (χ1n) is 5.81. The van der Waals surface area contributed by atoms with Gasteiger partial charge < -0.3 is 26.2 Å². The van der Waals surface area contributed by atoms with E-state index in [0.717, 1.165) is 0 Å². The quantitative estimate of drug-likeness (QED) is 0.541. The number of hydrogen-bond acceptors (Lipinski definition) is 4. The maximum Gasteiger partial charge on any atom is 0.341 e. The third kappa shape index (κ3) is 6.27. The fourth-order valence-corrected chi connectivity index (χ4v) is 1.29. The normalized spacial score (nSPS) is 9.74. The zero-order chi connectivity index (χ0) is 14.1. The van der Waals surface area contributed by atoms with Crippen molar-refractivity contribution in [2.75, 3.05) is 25.0 Å². The van der Waals surface area contributed by atoms with E-state index in [2.05, 4.69) is 10.6 Å². The molecule has 0 saturated heterocycles. The van der Waals surface area contributed by atoms with Gasteiger partial charge in [-0.2, -0.15) is 0 Å². The van der Waals surface area contributed by atoms with Crippen LogP contribution in [0, 0.1) is 0 Å². The number of aliphatic carboxylic acids is 1. The van der Waals surface area contributed by atoms with Gasteiger partial charge in [0.25, 0.3) is 0 Å². The van der Waals surface area contributed by atoms with Gasteiger partial charge in [0.15, 0.2) is 6.61 Å². The molecule has 0 aromatic heterocycles. The molecule has 104 valence electrons. The Bertz CT molecular complexity index is 437. The topological polar surface area (TPSA) is 114 Å². The highest BCUT2D eigenvalue weighted by atomic mass is 16.5. The molecule has 0 aliphatic carbocycles. The molecule has 0 radical (unpaired) electrons. The SMILES string of the molecule is NCCCNC(=O)Nc1cccc(OCC(=O)O)c1. The number of urea groups is 1. The Morgan fingerprint density at radius 2 is 2.16 bits per heavy atom. The fraction of sp³-hybridized carbons (Fsp3) is 0.333. The highest BCUT2D eigenvalue weighted by Crippen LogP contribution is 2.17. The first-order valence-corrected chi connectivity index (χ1v) is 5.81. The van der Waals surface area contributed by atoms with E-state index >= 15 is 0 Å². The summed E-state index contributed by atoms with van der Waals surface area (Å²) in [5, 5.41) is 13.7. The van der Waals surface area contributed by atoms with Crippen LogP contribution in [-0.2, 0) is 4.79 Å². The number of carbonyl (C=O) groups excluding carboxylic acids is 1. The molecule has 7 heteroatoms. The molecule has 0 bridgehead atoms. The zero-order valence-electron chi connectivity index (χ0n) is 10.4. The van der Waals surface area contributed by atoms with Gasteiger partial charge in [0.1, 0.15) is 5.75 Å². The van der Waals surface area contributed by atoms with E-state index in [9.17, 15) is 9.59 Å². The van der Waals surface area contributed by atoms with Crippen LogP contribution in [0.2, 0.25) is 0 Å². The van der Waals surface area contributed by atoms with Gasteiger partial charge in [0.2, 0.25) is 0 Å². The molecule has 0 spiro atoms. The first kappa shape index (κ1) is 14.8. The lowest BCUT2D eigenvalue weighted by atomic mass is 10.3. The summed E-state index contributed by atoms with van der Waals surface area (Å²) in [6.45, 7) is 0.586. The van der Waals surface area contributed by atoms with Crippen molar-refractivity contribution in [3.8, 4) is 5.75 Å². The molecule has 0 aliphatic heterocycles. The van der Waals surface area contributed by atoms with Crippen molar-refractivity contribution in [3.05, 3.63) is 24.3 Å². The Hall–Kier alpha value is -2.28. The smallest absolute Gasteiger partial charge is 0.341 e. The van der Waals surface area contributed by atoms with E-state index in [1.165, 1.54) is 0 Å².